The number of aromatic nitrogens is 2. The molecule has 0 aliphatic heterocycles. The topological polar surface area (TPSA) is 55.0 Å². The Morgan fingerprint density at radius 3 is 2.26 bits per heavy atom. The van der Waals surface area contributed by atoms with Gasteiger partial charge in [0.15, 0.2) is 0 Å². The zero-order valence-corrected chi connectivity index (χ0v) is 12.8. The highest BCUT2D eigenvalue weighted by molar-refractivity contribution is 5.29. The normalized spacial score (nSPS) is 14.2. The lowest BCUT2D eigenvalue weighted by atomic mass is 10.1. The van der Waals surface area contributed by atoms with E-state index in [9.17, 15) is 0 Å². The quantitative estimate of drug-likeness (QED) is 0.784. The molecular formula is C15H28N4. The van der Waals surface area contributed by atoms with Crippen molar-refractivity contribution in [3.63, 3.8) is 0 Å². The van der Waals surface area contributed by atoms with Crippen LogP contribution in [0.25, 0.3) is 0 Å². The Bertz CT molecular complexity index is 350. The van der Waals surface area contributed by atoms with Gasteiger partial charge >= 0.3 is 0 Å². The van der Waals surface area contributed by atoms with E-state index in [1.54, 1.807) is 0 Å². The van der Waals surface area contributed by atoms with E-state index in [2.05, 4.69) is 42.6 Å². The van der Waals surface area contributed by atoms with Gasteiger partial charge in [-0.3, -0.25) is 0 Å². The molecule has 108 valence electrons. The zero-order valence-electron chi connectivity index (χ0n) is 12.8. The van der Waals surface area contributed by atoms with Crippen LogP contribution in [0.1, 0.15) is 46.1 Å². The van der Waals surface area contributed by atoms with E-state index < -0.39 is 0 Å². The van der Waals surface area contributed by atoms with Gasteiger partial charge in [-0.25, -0.2) is 9.97 Å². The van der Waals surface area contributed by atoms with Crippen molar-refractivity contribution in [3.05, 3.63) is 18.0 Å². The fraction of sp³-hybridized carbons (Fsp3) is 0.733. The molecule has 0 aliphatic rings. The monoisotopic (exact) mass is 264 g/mol. The van der Waals surface area contributed by atoms with E-state index in [1.807, 2.05) is 12.4 Å². The van der Waals surface area contributed by atoms with Gasteiger partial charge in [-0.15, -0.1) is 0 Å². The molecule has 0 bridgehead atoms. The van der Waals surface area contributed by atoms with Crippen LogP contribution in [0.2, 0.25) is 0 Å². The molecule has 1 heterocycles. The van der Waals surface area contributed by atoms with Crippen molar-refractivity contribution in [2.24, 2.45) is 11.7 Å². The molecule has 0 saturated carbocycles. The Balaban J connectivity index is 2.67. The maximum atomic E-state index is 5.95. The third kappa shape index (κ3) is 5.15. The van der Waals surface area contributed by atoms with Crippen LogP contribution < -0.4 is 10.6 Å². The Labute approximate surface area is 117 Å². The van der Waals surface area contributed by atoms with Gasteiger partial charge in [-0.1, -0.05) is 27.2 Å². The van der Waals surface area contributed by atoms with Gasteiger partial charge in [-0.2, -0.15) is 0 Å². The smallest absolute Gasteiger partial charge is 0.225 e. The average molecular weight is 264 g/mol. The summed E-state index contributed by atoms with van der Waals surface area (Å²) in [6.07, 6.45) is 6.85. The number of rotatable bonds is 8. The minimum atomic E-state index is 0.205. The van der Waals surface area contributed by atoms with Gasteiger partial charge in [0.05, 0.1) is 0 Å². The second-order valence-electron chi connectivity index (χ2n) is 5.32. The van der Waals surface area contributed by atoms with E-state index in [-0.39, 0.29) is 6.04 Å². The van der Waals surface area contributed by atoms with Crippen molar-refractivity contribution in [1.82, 2.24) is 9.97 Å². The summed E-state index contributed by atoms with van der Waals surface area (Å²) in [6.45, 7) is 10.7. The van der Waals surface area contributed by atoms with Crippen LogP contribution in [0.5, 0.6) is 0 Å². The lowest BCUT2D eigenvalue weighted by molar-refractivity contribution is 0.542. The first kappa shape index (κ1) is 15.9. The highest BCUT2D eigenvalue weighted by atomic mass is 15.2. The SMILES string of the molecule is CCC(C)CN(CC)c1ncc(CC(N)CC)cn1. The molecule has 0 saturated heterocycles. The molecule has 2 atom stereocenters. The Hall–Kier alpha value is -1.16. The summed E-state index contributed by atoms with van der Waals surface area (Å²) in [5, 5.41) is 0. The zero-order chi connectivity index (χ0) is 14.3. The molecule has 2 N–H and O–H groups in total. The van der Waals surface area contributed by atoms with Gasteiger partial charge < -0.3 is 10.6 Å². The molecule has 4 heteroatoms. The molecule has 4 nitrogen and oxygen atoms in total. The van der Waals surface area contributed by atoms with Gasteiger partial charge in [0.2, 0.25) is 5.95 Å². The number of nitrogens with two attached hydrogens (primary N) is 1. The summed E-state index contributed by atoms with van der Waals surface area (Å²) in [4.78, 5) is 11.2. The lowest BCUT2D eigenvalue weighted by Gasteiger charge is -2.24. The minimum absolute atomic E-state index is 0.205. The third-order valence-electron chi connectivity index (χ3n) is 3.61. The first-order chi connectivity index (χ1) is 9.10. The maximum Gasteiger partial charge on any atom is 0.225 e. The molecule has 0 aliphatic carbocycles. The second-order valence-corrected chi connectivity index (χ2v) is 5.32. The van der Waals surface area contributed by atoms with Crippen molar-refractivity contribution >= 4 is 5.95 Å². The lowest BCUT2D eigenvalue weighted by Crippen LogP contribution is -2.29. The average Bonchev–Trinajstić information content (AvgIpc) is 2.45. The molecule has 2 unspecified atom stereocenters. The maximum absolute atomic E-state index is 5.95. The van der Waals surface area contributed by atoms with E-state index in [4.69, 9.17) is 5.73 Å². The molecule has 1 aromatic heterocycles. The number of anilines is 1. The van der Waals surface area contributed by atoms with Gasteiger partial charge in [0.1, 0.15) is 0 Å². The number of hydrogen-bond acceptors (Lipinski definition) is 4. The fourth-order valence-electron chi connectivity index (χ4n) is 1.92. The molecule has 1 rings (SSSR count). The predicted molar refractivity (Wildman–Crippen MR) is 81.3 cm³/mol. The van der Waals surface area contributed by atoms with Crippen molar-refractivity contribution in [2.45, 2.75) is 53.0 Å². The van der Waals surface area contributed by atoms with Crippen LogP contribution in [0.4, 0.5) is 5.95 Å². The Morgan fingerprint density at radius 1 is 1.16 bits per heavy atom. The molecule has 0 spiro atoms. The van der Waals surface area contributed by atoms with Crippen LogP contribution in [0.3, 0.4) is 0 Å². The third-order valence-corrected chi connectivity index (χ3v) is 3.61. The summed E-state index contributed by atoms with van der Waals surface area (Å²) in [7, 11) is 0. The Kier molecular flexibility index (Phi) is 6.78. The van der Waals surface area contributed by atoms with Crippen LogP contribution in [-0.2, 0) is 6.42 Å². The largest absolute Gasteiger partial charge is 0.341 e. The first-order valence-corrected chi connectivity index (χ1v) is 7.42. The van der Waals surface area contributed by atoms with E-state index in [0.717, 1.165) is 37.4 Å². The molecule has 0 radical (unpaired) electrons. The highest BCUT2D eigenvalue weighted by Crippen LogP contribution is 2.12. The van der Waals surface area contributed by atoms with Gasteiger partial charge in [0, 0.05) is 31.5 Å². The molecule has 0 fully saturated rings. The fourth-order valence-corrected chi connectivity index (χ4v) is 1.92. The predicted octanol–water partition coefficient (Wildman–Crippen LogP) is 2.63. The van der Waals surface area contributed by atoms with E-state index >= 15 is 0 Å². The van der Waals surface area contributed by atoms with Gasteiger partial charge in [0.25, 0.3) is 0 Å². The second kappa shape index (κ2) is 8.10. The molecule has 19 heavy (non-hydrogen) atoms. The minimum Gasteiger partial charge on any atom is -0.341 e. The highest BCUT2D eigenvalue weighted by Gasteiger charge is 2.11. The van der Waals surface area contributed by atoms with Crippen LogP contribution in [-0.4, -0.2) is 29.1 Å². The van der Waals surface area contributed by atoms with Crippen LogP contribution in [0.15, 0.2) is 12.4 Å². The van der Waals surface area contributed by atoms with Crippen molar-refractivity contribution in [2.75, 3.05) is 18.0 Å². The van der Waals surface area contributed by atoms with E-state index in [1.165, 1.54) is 6.42 Å². The van der Waals surface area contributed by atoms with Crippen molar-refractivity contribution < 1.29 is 0 Å². The molecule has 0 amide bonds. The van der Waals surface area contributed by atoms with Crippen LogP contribution in [0, 0.1) is 5.92 Å². The Morgan fingerprint density at radius 2 is 1.79 bits per heavy atom. The van der Waals surface area contributed by atoms with Crippen molar-refractivity contribution in [1.29, 1.82) is 0 Å². The molecule has 1 aromatic rings. The molecule has 0 aromatic carbocycles. The summed E-state index contributed by atoms with van der Waals surface area (Å²) in [5.41, 5.74) is 7.07. The standard InChI is InChI=1S/C15H28N4/c1-5-12(4)11-19(7-3)15-17-9-13(10-18-15)8-14(16)6-2/h9-10,12,14H,5-8,11,16H2,1-4H3. The summed E-state index contributed by atoms with van der Waals surface area (Å²) in [5.74, 6) is 1.49. The summed E-state index contributed by atoms with van der Waals surface area (Å²) in [6, 6.07) is 0.205. The van der Waals surface area contributed by atoms with Crippen molar-refractivity contribution in [3.8, 4) is 0 Å². The van der Waals surface area contributed by atoms with E-state index in [0.29, 0.717) is 5.92 Å². The first-order valence-electron chi connectivity index (χ1n) is 7.42. The molecular weight excluding hydrogens is 236 g/mol. The number of hydrogen-bond donors (Lipinski definition) is 1. The number of nitrogens with zero attached hydrogens (tertiary/aromatic N) is 3. The summed E-state index contributed by atoms with van der Waals surface area (Å²) < 4.78 is 0. The van der Waals surface area contributed by atoms with Gasteiger partial charge in [-0.05, 0) is 31.2 Å². The summed E-state index contributed by atoms with van der Waals surface area (Å²) >= 11 is 0. The van der Waals surface area contributed by atoms with Crippen LogP contribution >= 0.6 is 0 Å².